The van der Waals surface area contributed by atoms with E-state index in [-0.39, 0.29) is 5.56 Å². The van der Waals surface area contributed by atoms with Crippen LogP contribution >= 0.6 is 15.9 Å². The summed E-state index contributed by atoms with van der Waals surface area (Å²) in [4.78, 5) is 32.0. The molecule has 8 heteroatoms. The number of hydrogen-bond acceptors (Lipinski definition) is 4. The molecule has 1 N–H and O–H groups in total. The van der Waals surface area contributed by atoms with Gasteiger partial charge in [0, 0.05) is 11.6 Å². The van der Waals surface area contributed by atoms with Crippen LogP contribution < -0.4 is 5.32 Å². The van der Waals surface area contributed by atoms with Crippen LogP contribution in [0.1, 0.15) is 11.5 Å². The fourth-order valence-electron chi connectivity index (χ4n) is 1.79. The molecule has 1 aromatic carbocycles. The van der Waals surface area contributed by atoms with E-state index < -0.39 is 39.0 Å². The van der Waals surface area contributed by atoms with Crippen LogP contribution in [0.2, 0.25) is 0 Å². The van der Waals surface area contributed by atoms with Crippen molar-refractivity contribution in [1.82, 2.24) is 5.32 Å². The molecule has 2 atom stereocenters. The maximum Gasteiger partial charge on any atom is 0.273 e. The largest absolute Gasteiger partial charge is 0.295 e. The van der Waals surface area contributed by atoms with Gasteiger partial charge in [-0.25, -0.2) is 4.39 Å². The highest BCUT2D eigenvalue weighted by molar-refractivity contribution is 9.10. The topological polar surface area (TPSA) is 89.3 Å². The van der Waals surface area contributed by atoms with E-state index in [0.29, 0.717) is 0 Å². The summed E-state index contributed by atoms with van der Waals surface area (Å²) >= 11 is 2.98. The smallest absolute Gasteiger partial charge is 0.273 e. The molecular weight excluding hydrogens is 311 g/mol. The van der Waals surface area contributed by atoms with Crippen molar-refractivity contribution < 1.29 is 18.9 Å². The first kappa shape index (κ1) is 12.6. The molecule has 2 unspecified atom stereocenters. The molecule has 2 amide bonds. The Balaban J connectivity index is 2.56. The van der Waals surface area contributed by atoms with Crippen molar-refractivity contribution in [2.75, 3.05) is 0 Å². The van der Waals surface area contributed by atoms with E-state index in [1.807, 2.05) is 5.32 Å². The molecule has 0 spiro atoms. The summed E-state index contributed by atoms with van der Waals surface area (Å²) in [5.74, 6) is -3.09. The highest BCUT2D eigenvalue weighted by atomic mass is 79.9. The summed E-state index contributed by atoms with van der Waals surface area (Å²) in [6, 6.07) is 2.80. The number of carbonyl (C=O) groups is 2. The first-order chi connectivity index (χ1) is 8.41. The van der Waals surface area contributed by atoms with Gasteiger partial charge in [-0.1, -0.05) is 15.9 Å². The Bertz CT molecular complexity index is 563. The molecule has 1 aromatic rings. The molecule has 94 valence electrons. The lowest BCUT2D eigenvalue weighted by Crippen LogP contribution is -2.22. The van der Waals surface area contributed by atoms with Gasteiger partial charge in [0.2, 0.25) is 11.8 Å². The highest BCUT2D eigenvalue weighted by Crippen LogP contribution is 2.35. The molecule has 1 saturated heterocycles. The second-order valence-corrected chi connectivity index (χ2v) is 4.68. The van der Waals surface area contributed by atoms with Gasteiger partial charge in [-0.2, -0.15) is 0 Å². The van der Waals surface area contributed by atoms with Crippen LogP contribution in [0, 0.1) is 15.9 Å². The van der Waals surface area contributed by atoms with Gasteiger partial charge in [-0.05, 0) is 12.1 Å². The lowest BCUT2D eigenvalue weighted by atomic mass is 9.95. The first-order valence-electron chi connectivity index (χ1n) is 4.84. The van der Waals surface area contributed by atoms with Gasteiger partial charge in [-0.15, -0.1) is 0 Å². The van der Waals surface area contributed by atoms with E-state index in [9.17, 15) is 24.1 Å². The maximum absolute atomic E-state index is 13.2. The second kappa shape index (κ2) is 4.45. The monoisotopic (exact) mass is 316 g/mol. The van der Waals surface area contributed by atoms with Crippen molar-refractivity contribution in [2.45, 2.75) is 10.7 Å². The number of hydrogen-bond donors (Lipinski definition) is 1. The standard InChI is InChI=1S/C10H6BrFN2O4/c11-8-7(9(15)13-10(8)16)5-3-4(12)1-2-6(5)14(17)18/h1-3,7-8H,(H,13,15,16). The SMILES string of the molecule is O=C1NC(=O)C(c2cc(F)ccc2[N+](=O)[O-])C1Br. The number of imide groups is 1. The van der Waals surface area contributed by atoms with Gasteiger partial charge in [-0.3, -0.25) is 25.0 Å². The molecule has 18 heavy (non-hydrogen) atoms. The summed E-state index contributed by atoms with van der Waals surface area (Å²) in [5, 5.41) is 12.9. The van der Waals surface area contributed by atoms with Crippen molar-refractivity contribution in [3.05, 3.63) is 39.7 Å². The molecule has 0 aromatic heterocycles. The molecule has 0 aliphatic carbocycles. The second-order valence-electron chi connectivity index (χ2n) is 3.69. The van der Waals surface area contributed by atoms with Crippen molar-refractivity contribution in [3.8, 4) is 0 Å². The van der Waals surface area contributed by atoms with Gasteiger partial charge in [0.25, 0.3) is 5.69 Å². The number of carbonyl (C=O) groups excluding carboxylic acids is 2. The number of halogens is 2. The van der Waals surface area contributed by atoms with Crippen LogP contribution in [-0.4, -0.2) is 21.6 Å². The quantitative estimate of drug-likeness (QED) is 0.385. The Morgan fingerprint density at radius 3 is 2.50 bits per heavy atom. The van der Waals surface area contributed by atoms with E-state index in [1.165, 1.54) is 0 Å². The van der Waals surface area contributed by atoms with E-state index >= 15 is 0 Å². The average molecular weight is 317 g/mol. The van der Waals surface area contributed by atoms with Gasteiger partial charge < -0.3 is 0 Å². The number of nitro groups is 1. The van der Waals surface area contributed by atoms with Crippen molar-refractivity contribution in [3.63, 3.8) is 0 Å². The summed E-state index contributed by atoms with van der Waals surface area (Å²) in [5.41, 5.74) is -0.513. The number of alkyl halides is 1. The average Bonchev–Trinajstić information content (AvgIpc) is 2.52. The number of nitrogens with one attached hydrogen (secondary N) is 1. The van der Waals surface area contributed by atoms with E-state index in [4.69, 9.17) is 0 Å². The fourth-order valence-corrected chi connectivity index (χ4v) is 2.43. The Hall–Kier alpha value is -1.83. The van der Waals surface area contributed by atoms with Crippen LogP contribution in [0.5, 0.6) is 0 Å². The van der Waals surface area contributed by atoms with E-state index in [1.54, 1.807) is 0 Å². The predicted octanol–water partition coefficient (Wildman–Crippen LogP) is 1.24. The minimum atomic E-state index is -1.10. The lowest BCUT2D eigenvalue weighted by molar-refractivity contribution is -0.385. The third kappa shape index (κ3) is 1.99. The van der Waals surface area contributed by atoms with Gasteiger partial charge >= 0.3 is 0 Å². The van der Waals surface area contributed by atoms with Gasteiger partial charge in [0.05, 0.1) is 10.8 Å². The number of nitro benzene ring substituents is 1. The summed E-state index contributed by atoms with van der Waals surface area (Å²) in [6.07, 6.45) is 0. The van der Waals surface area contributed by atoms with Crippen LogP contribution in [-0.2, 0) is 9.59 Å². The Morgan fingerprint density at radius 1 is 1.33 bits per heavy atom. The van der Waals surface area contributed by atoms with Crippen molar-refractivity contribution in [1.29, 1.82) is 0 Å². The van der Waals surface area contributed by atoms with Crippen LogP contribution in [0.25, 0.3) is 0 Å². The molecule has 1 fully saturated rings. The van der Waals surface area contributed by atoms with Crippen LogP contribution in [0.4, 0.5) is 10.1 Å². The number of benzene rings is 1. The molecule has 6 nitrogen and oxygen atoms in total. The fraction of sp³-hybridized carbons (Fsp3) is 0.200. The Morgan fingerprint density at radius 2 is 2.00 bits per heavy atom. The number of rotatable bonds is 2. The minimum Gasteiger partial charge on any atom is -0.295 e. The Kier molecular flexibility index (Phi) is 3.12. The number of nitrogens with zero attached hydrogens (tertiary/aromatic N) is 1. The summed E-state index contributed by atoms with van der Waals surface area (Å²) < 4.78 is 13.2. The van der Waals surface area contributed by atoms with Crippen LogP contribution in [0.15, 0.2) is 18.2 Å². The summed E-state index contributed by atoms with van der Waals surface area (Å²) in [7, 11) is 0. The van der Waals surface area contributed by atoms with Gasteiger partial charge in [0.15, 0.2) is 0 Å². The molecule has 0 bridgehead atoms. The highest BCUT2D eigenvalue weighted by Gasteiger charge is 2.44. The maximum atomic E-state index is 13.2. The molecule has 2 rings (SSSR count). The third-order valence-corrected chi connectivity index (χ3v) is 3.54. The Labute approximate surface area is 108 Å². The molecular formula is C10H6BrFN2O4. The van der Waals surface area contributed by atoms with Crippen molar-refractivity contribution >= 4 is 33.4 Å². The molecule has 1 aliphatic rings. The molecule has 1 aliphatic heterocycles. The zero-order valence-electron chi connectivity index (χ0n) is 8.72. The van der Waals surface area contributed by atoms with Crippen LogP contribution in [0.3, 0.4) is 0 Å². The zero-order chi connectivity index (χ0) is 13.4. The van der Waals surface area contributed by atoms with E-state index in [2.05, 4.69) is 15.9 Å². The lowest BCUT2D eigenvalue weighted by Gasteiger charge is -2.10. The minimum absolute atomic E-state index is 0.120. The summed E-state index contributed by atoms with van der Waals surface area (Å²) in [6.45, 7) is 0. The molecule has 1 heterocycles. The molecule has 0 saturated carbocycles. The predicted molar refractivity (Wildman–Crippen MR) is 61.7 cm³/mol. The zero-order valence-corrected chi connectivity index (χ0v) is 10.3. The first-order valence-corrected chi connectivity index (χ1v) is 5.76. The number of amides is 2. The molecule has 0 radical (unpaired) electrons. The van der Waals surface area contributed by atoms with Crippen molar-refractivity contribution in [2.24, 2.45) is 0 Å². The van der Waals surface area contributed by atoms with Gasteiger partial charge in [0.1, 0.15) is 10.6 Å². The normalized spacial score (nSPS) is 23.0. The van der Waals surface area contributed by atoms with E-state index in [0.717, 1.165) is 18.2 Å². The third-order valence-electron chi connectivity index (χ3n) is 2.59.